The fourth-order valence-electron chi connectivity index (χ4n) is 3.88. The van der Waals surface area contributed by atoms with Gasteiger partial charge in [0, 0.05) is 28.5 Å². The lowest BCUT2D eigenvalue weighted by atomic mass is 10.1. The number of carbonyl (C=O) groups excluding carboxylic acids is 1. The standard InChI is InChI=1S/C25H21ClN4OS/c1-17-6-8-19(9-7-17)24-27-28-25(30(24)21-12-10-20(26)11-13-21)32-16-23(31)29-15-14-18-4-2-3-5-22(18)29/h2-13H,14-16H2,1H3. The van der Waals surface area contributed by atoms with Gasteiger partial charge in [-0.2, -0.15) is 0 Å². The van der Waals surface area contributed by atoms with Crippen molar-refractivity contribution in [2.75, 3.05) is 17.2 Å². The van der Waals surface area contributed by atoms with Crippen LogP contribution < -0.4 is 4.90 Å². The monoisotopic (exact) mass is 460 g/mol. The molecule has 3 aromatic carbocycles. The van der Waals surface area contributed by atoms with Crippen LogP contribution in [0.25, 0.3) is 17.1 Å². The highest BCUT2D eigenvalue weighted by Crippen LogP contribution is 2.31. The minimum absolute atomic E-state index is 0.0718. The second-order valence-corrected chi connectivity index (χ2v) is 9.08. The van der Waals surface area contributed by atoms with Crippen LogP contribution in [0.15, 0.2) is 78.0 Å². The molecule has 0 bridgehead atoms. The first-order valence-electron chi connectivity index (χ1n) is 10.4. The molecular formula is C25H21ClN4OS. The highest BCUT2D eigenvalue weighted by Gasteiger charge is 2.25. The Balaban J connectivity index is 1.44. The zero-order chi connectivity index (χ0) is 22.1. The van der Waals surface area contributed by atoms with Gasteiger partial charge in [-0.1, -0.05) is 71.4 Å². The molecule has 0 N–H and O–H groups in total. The first kappa shape index (κ1) is 20.8. The summed E-state index contributed by atoms with van der Waals surface area (Å²) in [6.07, 6.45) is 0.894. The lowest BCUT2D eigenvalue weighted by Crippen LogP contribution is -2.30. The Morgan fingerprint density at radius 2 is 1.75 bits per heavy atom. The molecule has 0 fully saturated rings. The Bertz CT molecular complexity index is 1270. The Hall–Kier alpha value is -3.09. The molecule has 0 unspecified atom stereocenters. The molecule has 5 nitrogen and oxygen atoms in total. The SMILES string of the molecule is Cc1ccc(-c2nnc(SCC(=O)N3CCc4ccccc43)n2-c2ccc(Cl)cc2)cc1. The van der Waals surface area contributed by atoms with Crippen molar-refractivity contribution in [1.82, 2.24) is 14.8 Å². The Kier molecular flexibility index (Phi) is 5.72. The molecule has 1 amide bonds. The number of thioether (sulfide) groups is 1. The number of halogens is 1. The van der Waals surface area contributed by atoms with Gasteiger partial charge < -0.3 is 4.90 Å². The quantitative estimate of drug-likeness (QED) is 0.365. The number of hydrogen-bond donors (Lipinski definition) is 0. The van der Waals surface area contributed by atoms with Gasteiger partial charge in [0.15, 0.2) is 11.0 Å². The van der Waals surface area contributed by atoms with E-state index in [4.69, 9.17) is 11.6 Å². The summed E-state index contributed by atoms with van der Waals surface area (Å²) in [4.78, 5) is 14.9. The summed E-state index contributed by atoms with van der Waals surface area (Å²) < 4.78 is 1.98. The van der Waals surface area contributed by atoms with Crippen molar-refractivity contribution < 1.29 is 4.79 Å². The van der Waals surface area contributed by atoms with E-state index < -0.39 is 0 Å². The molecule has 0 spiro atoms. The molecule has 32 heavy (non-hydrogen) atoms. The Labute approximate surface area is 196 Å². The fraction of sp³-hybridized carbons (Fsp3) is 0.160. The predicted octanol–water partition coefficient (Wildman–Crippen LogP) is 5.58. The van der Waals surface area contributed by atoms with E-state index in [0.29, 0.717) is 10.2 Å². The smallest absolute Gasteiger partial charge is 0.237 e. The second kappa shape index (κ2) is 8.81. The van der Waals surface area contributed by atoms with Crippen LogP contribution in [0, 0.1) is 6.92 Å². The molecule has 5 rings (SSSR count). The van der Waals surface area contributed by atoms with Gasteiger partial charge in [-0.05, 0) is 49.2 Å². The number of amides is 1. The van der Waals surface area contributed by atoms with Crippen LogP contribution in [-0.4, -0.2) is 33.0 Å². The summed E-state index contributed by atoms with van der Waals surface area (Å²) in [5.74, 6) is 1.09. The van der Waals surface area contributed by atoms with Crippen LogP contribution in [0.4, 0.5) is 5.69 Å². The summed E-state index contributed by atoms with van der Waals surface area (Å²) in [7, 11) is 0. The van der Waals surface area contributed by atoms with E-state index in [2.05, 4.69) is 35.3 Å². The number of aryl methyl sites for hydroxylation is 1. The summed E-state index contributed by atoms with van der Waals surface area (Å²) in [6, 6.07) is 23.8. The van der Waals surface area contributed by atoms with Crippen molar-refractivity contribution in [3.05, 3.63) is 88.9 Å². The molecule has 0 saturated heterocycles. The molecule has 0 aliphatic carbocycles. The minimum atomic E-state index is 0.0718. The van der Waals surface area contributed by atoms with E-state index >= 15 is 0 Å². The predicted molar refractivity (Wildman–Crippen MR) is 130 cm³/mol. The van der Waals surface area contributed by atoms with Gasteiger partial charge in [0.05, 0.1) is 5.75 Å². The second-order valence-electron chi connectivity index (χ2n) is 7.70. The fourth-order valence-corrected chi connectivity index (χ4v) is 4.83. The molecule has 2 heterocycles. The molecule has 4 aromatic rings. The molecular weight excluding hydrogens is 440 g/mol. The zero-order valence-electron chi connectivity index (χ0n) is 17.5. The topological polar surface area (TPSA) is 51.0 Å². The largest absolute Gasteiger partial charge is 0.311 e. The number of rotatable bonds is 5. The van der Waals surface area contributed by atoms with Crippen LogP contribution in [0.2, 0.25) is 5.02 Å². The third kappa shape index (κ3) is 4.04. The van der Waals surface area contributed by atoms with Gasteiger partial charge in [-0.3, -0.25) is 9.36 Å². The van der Waals surface area contributed by atoms with Crippen molar-refractivity contribution in [2.24, 2.45) is 0 Å². The van der Waals surface area contributed by atoms with E-state index in [1.54, 1.807) is 0 Å². The maximum Gasteiger partial charge on any atom is 0.237 e. The molecule has 0 atom stereocenters. The highest BCUT2D eigenvalue weighted by atomic mass is 35.5. The maximum absolute atomic E-state index is 13.0. The van der Waals surface area contributed by atoms with Gasteiger partial charge in [0.1, 0.15) is 0 Å². The summed E-state index contributed by atoms with van der Waals surface area (Å²) in [6.45, 7) is 2.77. The van der Waals surface area contributed by atoms with Crippen molar-refractivity contribution in [3.63, 3.8) is 0 Å². The number of para-hydroxylation sites is 1. The van der Waals surface area contributed by atoms with Gasteiger partial charge in [0.2, 0.25) is 5.91 Å². The van der Waals surface area contributed by atoms with E-state index in [-0.39, 0.29) is 11.7 Å². The van der Waals surface area contributed by atoms with Crippen LogP contribution in [-0.2, 0) is 11.2 Å². The van der Waals surface area contributed by atoms with Gasteiger partial charge in [-0.25, -0.2) is 0 Å². The normalized spacial score (nSPS) is 12.8. The van der Waals surface area contributed by atoms with Gasteiger partial charge in [0.25, 0.3) is 0 Å². The van der Waals surface area contributed by atoms with E-state index in [0.717, 1.165) is 35.7 Å². The van der Waals surface area contributed by atoms with Crippen LogP contribution in [0.1, 0.15) is 11.1 Å². The maximum atomic E-state index is 13.0. The molecule has 1 aromatic heterocycles. The number of hydrogen-bond acceptors (Lipinski definition) is 4. The average molecular weight is 461 g/mol. The Morgan fingerprint density at radius 3 is 2.53 bits per heavy atom. The molecule has 7 heteroatoms. The number of nitrogens with zero attached hydrogens (tertiary/aromatic N) is 4. The lowest BCUT2D eigenvalue weighted by molar-refractivity contribution is -0.116. The Morgan fingerprint density at radius 1 is 1.00 bits per heavy atom. The molecule has 0 radical (unpaired) electrons. The molecule has 160 valence electrons. The van der Waals surface area contributed by atoms with Gasteiger partial charge in [-0.15, -0.1) is 10.2 Å². The van der Waals surface area contributed by atoms with Crippen LogP contribution in [0.5, 0.6) is 0 Å². The summed E-state index contributed by atoms with van der Waals surface area (Å²) in [5, 5.41) is 10.2. The third-order valence-corrected chi connectivity index (χ3v) is 6.71. The number of aromatic nitrogens is 3. The summed E-state index contributed by atoms with van der Waals surface area (Å²) >= 11 is 7.51. The van der Waals surface area contributed by atoms with E-state index in [1.807, 2.05) is 64.1 Å². The third-order valence-electron chi connectivity index (χ3n) is 5.54. The van der Waals surface area contributed by atoms with Crippen molar-refractivity contribution in [2.45, 2.75) is 18.5 Å². The minimum Gasteiger partial charge on any atom is -0.311 e. The number of benzene rings is 3. The van der Waals surface area contributed by atoms with E-state index in [9.17, 15) is 4.79 Å². The number of carbonyl (C=O) groups is 1. The number of fused-ring (bicyclic) bond motifs is 1. The number of anilines is 1. The molecule has 0 saturated carbocycles. The van der Waals surface area contributed by atoms with Crippen molar-refractivity contribution >= 4 is 35.0 Å². The van der Waals surface area contributed by atoms with Crippen molar-refractivity contribution in [1.29, 1.82) is 0 Å². The first-order valence-corrected chi connectivity index (χ1v) is 11.8. The zero-order valence-corrected chi connectivity index (χ0v) is 19.1. The summed E-state index contributed by atoms with van der Waals surface area (Å²) in [5.41, 5.74) is 5.27. The van der Waals surface area contributed by atoms with Crippen molar-refractivity contribution in [3.8, 4) is 17.1 Å². The lowest BCUT2D eigenvalue weighted by Gasteiger charge is -2.17. The average Bonchev–Trinajstić information content (AvgIpc) is 3.43. The van der Waals surface area contributed by atoms with E-state index in [1.165, 1.54) is 22.9 Å². The molecule has 1 aliphatic heterocycles. The van der Waals surface area contributed by atoms with Crippen LogP contribution >= 0.6 is 23.4 Å². The first-order chi connectivity index (χ1) is 15.6. The van der Waals surface area contributed by atoms with Crippen LogP contribution in [0.3, 0.4) is 0 Å². The highest BCUT2D eigenvalue weighted by molar-refractivity contribution is 7.99. The van der Waals surface area contributed by atoms with Gasteiger partial charge >= 0.3 is 0 Å². The molecule has 1 aliphatic rings.